The van der Waals surface area contributed by atoms with Gasteiger partial charge in [0.05, 0.1) is 31.9 Å². The molecule has 7 nitrogen and oxygen atoms in total. The number of rotatable bonds is 4. The quantitative estimate of drug-likeness (QED) is 0.612. The molecule has 0 aliphatic carbocycles. The van der Waals surface area contributed by atoms with Crippen molar-refractivity contribution in [2.75, 3.05) is 42.6 Å². The number of aryl methyl sites for hydroxylation is 1. The van der Waals surface area contributed by atoms with Gasteiger partial charge in [-0.2, -0.15) is 0 Å². The second-order valence-corrected chi connectivity index (χ2v) is 7.36. The molecule has 2 fully saturated rings. The first-order valence-corrected chi connectivity index (χ1v) is 9.55. The van der Waals surface area contributed by atoms with Gasteiger partial charge in [0.15, 0.2) is 6.67 Å². The summed E-state index contributed by atoms with van der Waals surface area (Å²) in [7, 11) is 0. The standard InChI is InChI=1S/C21H21FN4O3/c1-15-2-6-18(7-3-15)26-20(28)19(27)25(21(26)29)14-23-10-12-24(13-11-23)17-8-4-16(22)5-9-17/h2-9H,10-14H2,1H3/p+1. The van der Waals surface area contributed by atoms with Gasteiger partial charge in [-0.3, -0.25) is 9.59 Å². The molecule has 2 aromatic rings. The summed E-state index contributed by atoms with van der Waals surface area (Å²) in [5.74, 6) is -1.88. The van der Waals surface area contributed by atoms with Gasteiger partial charge in [0, 0.05) is 5.69 Å². The Morgan fingerprint density at radius 1 is 0.862 bits per heavy atom. The summed E-state index contributed by atoms with van der Waals surface area (Å²) in [6.45, 7) is 4.90. The van der Waals surface area contributed by atoms with Crippen molar-refractivity contribution in [2.24, 2.45) is 0 Å². The largest absolute Gasteiger partial charge is 0.360 e. The van der Waals surface area contributed by atoms with E-state index in [9.17, 15) is 18.8 Å². The van der Waals surface area contributed by atoms with Gasteiger partial charge in [-0.05, 0) is 43.3 Å². The number of piperazine rings is 1. The van der Waals surface area contributed by atoms with Crippen molar-refractivity contribution in [3.8, 4) is 0 Å². The van der Waals surface area contributed by atoms with Crippen molar-refractivity contribution in [2.45, 2.75) is 6.92 Å². The molecule has 0 aromatic heterocycles. The smallest absolute Gasteiger partial charge is 0.343 e. The van der Waals surface area contributed by atoms with Crippen LogP contribution in [0.1, 0.15) is 5.56 Å². The van der Waals surface area contributed by atoms with E-state index in [1.54, 1.807) is 36.4 Å². The minimum atomic E-state index is -0.816. The molecular weight excluding hydrogens is 375 g/mol. The van der Waals surface area contributed by atoms with Crippen LogP contribution in [0.25, 0.3) is 0 Å². The SMILES string of the molecule is Cc1ccc(N2C(=O)C(=O)N(C[NH+]3CCN(c4ccc(F)cc4)CC3)C2=O)cc1. The molecule has 2 saturated heterocycles. The minimum absolute atomic E-state index is 0.156. The molecule has 0 unspecified atom stereocenters. The van der Waals surface area contributed by atoms with Crippen molar-refractivity contribution in [3.05, 3.63) is 59.9 Å². The van der Waals surface area contributed by atoms with Gasteiger partial charge in [0.1, 0.15) is 5.82 Å². The topological polar surface area (TPSA) is 65.4 Å². The van der Waals surface area contributed by atoms with Crippen molar-refractivity contribution in [1.29, 1.82) is 0 Å². The number of hydrogen-bond donors (Lipinski definition) is 1. The number of hydrogen-bond acceptors (Lipinski definition) is 4. The second kappa shape index (κ2) is 7.63. The summed E-state index contributed by atoms with van der Waals surface area (Å²) in [6.07, 6.45) is 0. The Morgan fingerprint density at radius 3 is 2.07 bits per heavy atom. The zero-order valence-corrected chi connectivity index (χ0v) is 16.1. The number of imide groups is 2. The van der Waals surface area contributed by atoms with Gasteiger partial charge >= 0.3 is 17.8 Å². The molecule has 2 heterocycles. The van der Waals surface area contributed by atoms with E-state index >= 15 is 0 Å². The third kappa shape index (κ3) is 3.71. The number of nitrogens with one attached hydrogen (secondary N) is 1. The Kier molecular flexibility index (Phi) is 5.02. The number of benzene rings is 2. The first-order valence-electron chi connectivity index (χ1n) is 9.55. The first kappa shape index (κ1) is 19.1. The molecule has 4 amide bonds. The summed E-state index contributed by atoms with van der Waals surface area (Å²) in [5, 5.41) is 0. The second-order valence-electron chi connectivity index (χ2n) is 7.36. The maximum Gasteiger partial charge on any atom is 0.343 e. The van der Waals surface area contributed by atoms with Crippen molar-refractivity contribution in [3.63, 3.8) is 0 Å². The van der Waals surface area contributed by atoms with E-state index in [1.165, 1.54) is 12.1 Å². The minimum Gasteiger partial charge on any atom is -0.360 e. The number of nitrogens with zero attached hydrogens (tertiary/aromatic N) is 3. The monoisotopic (exact) mass is 397 g/mol. The van der Waals surface area contributed by atoms with Crippen LogP contribution in [0, 0.1) is 12.7 Å². The molecule has 0 saturated carbocycles. The van der Waals surface area contributed by atoms with Crippen LogP contribution >= 0.6 is 0 Å². The van der Waals surface area contributed by atoms with Crippen LogP contribution in [0.5, 0.6) is 0 Å². The third-order valence-electron chi connectivity index (χ3n) is 5.39. The molecule has 29 heavy (non-hydrogen) atoms. The van der Waals surface area contributed by atoms with E-state index in [-0.39, 0.29) is 12.5 Å². The summed E-state index contributed by atoms with van der Waals surface area (Å²) in [6, 6.07) is 12.7. The normalized spacial score (nSPS) is 18.1. The highest BCUT2D eigenvalue weighted by Gasteiger charge is 2.47. The number of halogens is 1. The first-order chi connectivity index (χ1) is 13.9. The van der Waals surface area contributed by atoms with Gasteiger partial charge in [0.25, 0.3) is 0 Å². The lowest BCUT2D eigenvalue weighted by atomic mass is 10.2. The lowest BCUT2D eigenvalue weighted by Gasteiger charge is -2.34. The predicted octanol–water partition coefficient (Wildman–Crippen LogP) is 0.792. The van der Waals surface area contributed by atoms with Crippen LogP contribution in [-0.4, -0.2) is 55.6 Å². The van der Waals surface area contributed by atoms with E-state index in [1.807, 2.05) is 6.92 Å². The number of carbonyl (C=O) groups excluding carboxylic acids is 3. The fraction of sp³-hybridized carbons (Fsp3) is 0.286. The van der Waals surface area contributed by atoms with Gasteiger partial charge in [0.2, 0.25) is 0 Å². The Labute approximate surface area is 167 Å². The molecule has 0 bridgehead atoms. The third-order valence-corrected chi connectivity index (χ3v) is 5.39. The van der Waals surface area contributed by atoms with Crippen LogP contribution in [-0.2, 0) is 9.59 Å². The Morgan fingerprint density at radius 2 is 1.45 bits per heavy atom. The molecule has 2 aromatic carbocycles. The molecule has 0 spiro atoms. The molecule has 4 rings (SSSR count). The Bertz CT molecular complexity index is 937. The zero-order valence-electron chi connectivity index (χ0n) is 16.1. The number of urea groups is 1. The van der Waals surface area contributed by atoms with Crippen LogP contribution < -0.4 is 14.7 Å². The summed E-state index contributed by atoms with van der Waals surface area (Å²) >= 11 is 0. The molecule has 2 aliphatic heterocycles. The van der Waals surface area contributed by atoms with Crippen LogP contribution in [0.3, 0.4) is 0 Å². The maximum atomic E-state index is 13.1. The summed E-state index contributed by atoms with van der Waals surface area (Å²) in [4.78, 5) is 42.7. The highest BCUT2D eigenvalue weighted by molar-refractivity contribution is 6.52. The van der Waals surface area contributed by atoms with Gasteiger partial charge < -0.3 is 9.80 Å². The number of anilines is 2. The molecular formula is C21H22FN4O3+. The fourth-order valence-corrected chi connectivity index (χ4v) is 3.68. The number of quaternary nitrogens is 1. The summed E-state index contributed by atoms with van der Waals surface area (Å²) in [5.41, 5.74) is 2.34. The molecule has 2 aliphatic rings. The molecule has 0 atom stereocenters. The van der Waals surface area contributed by atoms with Crippen LogP contribution in [0.2, 0.25) is 0 Å². The Hall–Kier alpha value is -3.26. The zero-order chi connectivity index (χ0) is 20.5. The lowest BCUT2D eigenvalue weighted by molar-refractivity contribution is -0.907. The fourth-order valence-electron chi connectivity index (χ4n) is 3.68. The van der Waals surface area contributed by atoms with Crippen LogP contribution in [0.15, 0.2) is 48.5 Å². The summed E-state index contributed by atoms with van der Waals surface area (Å²) < 4.78 is 13.1. The number of carbonyl (C=O) groups is 3. The van der Waals surface area contributed by atoms with Crippen molar-refractivity contribution in [1.82, 2.24) is 4.90 Å². The number of amides is 4. The molecule has 8 heteroatoms. The van der Waals surface area contributed by atoms with E-state index in [2.05, 4.69) is 4.90 Å². The van der Waals surface area contributed by atoms with E-state index < -0.39 is 17.8 Å². The maximum absolute atomic E-state index is 13.1. The van der Waals surface area contributed by atoms with Crippen LogP contribution in [0.4, 0.5) is 20.6 Å². The average molecular weight is 397 g/mol. The van der Waals surface area contributed by atoms with Crippen molar-refractivity contribution < 1.29 is 23.7 Å². The molecule has 0 radical (unpaired) electrons. The average Bonchev–Trinajstić information content (AvgIpc) is 2.93. The van der Waals surface area contributed by atoms with Gasteiger partial charge in [-0.25, -0.2) is 19.0 Å². The van der Waals surface area contributed by atoms with Crippen molar-refractivity contribution >= 4 is 29.2 Å². The Balaban J connectivity index is 1.40. The lowest BCUT2D eigenvalue weighted by Crippen LogP contribution is -3.16. The van der Waals surface area contributed by atoms with E-state index in [0.29, 0.717) is 31.9 Å². The molecule has 1 N–H and O–H groups in total. The molecule has 150 valence electrons. The highest BCUT2D eigenvalue weighted by atomic mass is 19.1. The van der Waals surface area contributed by atoms with Gasteiger partial charge in [-0.1, -0.05) is 17.7 Å². The van der Waals surface area contributed by atoms with E-state index in [4.69, 9.17) is 0 Å². The van der Waals surface area contributed by atoms with Gasteiger partial charge in [-0.15, -0.1) is 0 Å². The predicted molar refractivity (Wildman–Crippen MR) is 105 cm³/mol. The van der Waals surface area contributed by atoms with E-state index in [0.717, 1.165) is 26.0 Å². The highest BCUT2D eigenvalue weighted by Crippen LogP contribution is 2.22.